The highest BCUT2D eigenvalue weighted by molar-refractivity contribution is 8.26. The first-order valence-corrected chi connectivity index (χ1v) is 9.80. The Labute approximate surface area is 156 Å². The molecule has 3 rings (SSSR count). The second-order valence-corrected chi connectivity index (χ2v) is 7.72. The standard InChI is InChI=1S/C18H24N2O3S.ClH/c1-2-19-14-8-13-18-23-17-12-7-6-11-16(17)20(24(18,21)22)15-9-4-3-5-10-15;/h3-7,9-12,18-19,21-22H,2,8,13-14H2,1H3;1H. The van der Waals surface area contributed by atoms with E-state index in [1.807, 2.05) is 54.6 Å². The highest BCUT2D eigenvalue weighted by Crippen LogP contribution is 2.61. The van der Waals surface area contributed by atoms with Gasteiger partial charge in [0.05, 0.1) is 5.69 Å². The third-order valence-electron chi connectivity index (χ3n) is 4.00. The number of hydrogen-bond donors (Lipinski definition) is 3. The molecule has 0 fully saturated rings. The monoisotopic (exact) mass is 384 g/mol. The van der Waals surface area contributed by atoms with E-state index in [-0.39, 0.29) is 12.4 Å². The van der Waals surface area contributed by atoms with Gasteiger partial charge in [0.15, 0.2) is 0 Å². The van der Waals surface area contributed by atoms with Crippen LogP contribution in [0.4, 0.5) is 11.4 Å². The van der Waals surface area contributed by atoms with E-state index in [1.54, 1.807) is 4.31 Å². The normalized spacial score (nSPS) is 19.3. The third-order valence-corrected chi connectivity index (χ3v) is 5.98. The number of ether oxygens (including phenoxy) is 1. The molecule has 7 heteroatoms. The molecule has 1 aliphatic heterocycles. The Bertz CT molecular complexity index is 672. The van der Waals surface area contributed by atoms with Crippen LogP contribution in [0.15, 0.2) is 54.6 Å². The maximum Gasteiger partial charge on any atom is 0.206 e. The van der Waals surface area contributed by atoms with Crippen molar-refractivity contribution in [3.05, 3.63) is 54.6 Å². The topological polar surface area (TPSA) is 65.0 Å². The van der Waals surface area contributed by atoms with Crippen LogP contribution in [0.3, 0.4) is 0 Å². The van der Waals surface area contributed by atoms with Gasteiger partial charge in [0, 0.05) is 6.42 Å². The van der Waals surface area contributed by atoms with E-state index >= 15 is 0 Å². The molecule has 25 heavy (non-hydrogen) atoms. The number of anilines is 2. The molecule has 1 unspecified atom stereocenters. The summed E-state index contributed by atoms with van der Waals surface area (Å²) in [5.74, 6) is 0.682. The van der Waals surface area contributed by atoms with Crippen LogP contribution in [0.25, 0.3) is 0 Å². The van der Waals surface area contributed by atoms with Crippen LogP contribution in [0, 0.1) is 0 Å². The lowest BCUT2D eigenvalue weighted by molar-refractivity contribution is 0.235. The molecule has 0 spiro atoms. The predicted octanol–water partition coefficient (Wildman–Crippen LogP) is 5.02. The Morgan fingerprint density at radius 2 is 1.76 bits per heavy atom. The van der Waals surface area contributed by atoms with Gasteiger partial charge in [0.2, 0.25) is 5.44 Å². The van der Waals surface area contributed by atoms with Gasteiger partial charge in [-0.05, 0) is 43.8 Å². The summed E-state index contributed by atoms with van der Waals surface area (Å²) in [6.07, 6.45) is 1.40. The fourth-order valence-corrected chi connectivity index (χ4v) is 4.66. The van der Waals surface area contributed by atoms with Crippen LogP contribution < -0.4 is 14.4 Å². The zero-order valence-corrected chi connectivity index (χ0v) is 15.8. The average Bonchev–Trinajstić information content (AvgIpc) is 2.59. The summed E-state index contributed by atoms with van der Waals surface area (Å²) in [4.78, 5) is 0. The first-order chi connectivity index (χ1) is 11.6. The van der Waals surface area contributed by atoms with Crippen molar-refractivity contribution in [2.75, 3.05) is 17.4 Å². The predicted molar refractivity (Wildman–Crippen MR) is 107 cm³/mol. The van der Waals surface area contributed by atoms with Gasteiger partial charge in [-0.15, -0.1) is 12.4 Å². The van der Waals surface area contributed by atoms with Crippen molar-refractivity contribution in [3.8, 4) is 5.75 Å². The molecule has 1 heterocycles. The summed E-state index contributed by atoms with van der Waals surface area (Å²) in [6.45, 7) is 3.79. The van der Waals surface area contributed by atoms with Crippen LogP contribution >= 0.6 is 23.2 Å². The second kappa shape index (κ2) is 8.78. The van der Waals surface area contributed by atoms with Crippen LogP contribution in [0.5, 0.6) is 5.75 Å². The highest BCUT2D eigenvalue weighted by atomic mass is 35.5. The van der Waals surface area contributed by atoms with Gasteiger partial charge in [0.25, 0.3) is 0 Å². The number of benzene rings is 2. The molecule has 2 aromatic carbocycles. The molecule has 0 saturated heterocycles. The van der Waals surface area contributed by atoms with Gasteiger partial charge in [-0.1, -0.05) is 48.0 Å². The first kappa shape index (κ1) is 19.9. The molecular weight excluding hydrogens is 360 g/mol. The molecule has 3 N–H and O–H groups in total. The summed E-state index contributed by atoms with van der Waals surface area (Å²) in [7, 11) is -3.13. The lowest BCUT2D eigenvalue weighted by Crippen LogP contribution is -2.39. The molecule has 1 aliphatic rings. The Morgan fingerprint density at radius 3 is 2.48 bits per heavy atom. The lowest BCUT2D eigenvalue weighted by Gasteiger charge is -2.51. The number of para-hydroxylation sites is 3. The third kappa shape index (κ3) is 4.22. The minimum absolute atomic E-state index is 0. The van der Waals surface area contributed by atoms with Crippen molar-refractivity contribution >= 4 is 34.6 Å². The molecule has 5 nitrogen and oxygen atoms in total. The van der Waals surface area contributed by atoms with E-state index in [0.29, 0.717) is 17.9 Å². The van der Waals surface area contributed by atoms with E-state index in [4.69, 9.17) is 4.74 Å². The maximum absolute atomic E-state index is 11.0. The van der Waals surface area contributed by atoms with Crippen molar-refractivity contribution in [1.29, 1.82) is 0 Å². The number of hydrogen-bond acceptors (Lipinski definition) is 5. The molecular formula is C18H25ClN2O3S. The van der Waals surface area contributed by atoms with E-state index in [1.165, 1.54) is 0 Å². The van der Waals surface area contributed by atoms with Gasteiger partial charge in [-0.2, -0.15) is 0 Å². The van der Waals surface area contributed by atoms with Gasteiger partial charge < -0.3 is 10.1 Å². The zero-order valence-electron chi connectivity index (χ0n) is 14.2. The molecule has 0 aliphatic carbocycles. The molecule has 2 aromatic rings. The SMILES string of the molecule is CCNCCCC1Oc2ccccc2N(c2ccccc2)S1(O)O.Cl. The van der Waals surface area contributed by atoms with E-state index in [0.717, 1.165) is 25.2 Å². The lowest BCUT2D eigenvalue weighted by atomic mass is 10.2. The minimum Gasteiger partial charge on any atom is -0.467 e. The quantitative estimate of drug-likeness (QED) is 0.610. The number of rotatable bonds is 6. The average molecular weight is 385 g/mol. The van der Waals surface area contributed by atoms with Crippen LogP contribution in [-0.2, 0) is 0 Å². The minimum atomic E-state index is -3.13. The van der Waals surface area contributed by atoms with Gasteiger partial charge in [-0.25, -0.2) is 4.31 Å². The molecule has 0 bridgehead atoms. The molecule has 0 saturated carbocycles. The fourth-order valence-electron chi connectivity index (χ4n) is 2.84. The number of nitrogens with zero attached hydrogens (tertiary/aromatic N) is 1. The molecule has 138 valence electrons. The van der Waals surface area contributed by atoms with E-state index in [2.05, 4.69) is 12.2 Å². The Balaban J connectivity index is 0.00000225. The van der Waals surface area contributed by atoms with Gasteiger partial charge in [-0.3, -0.25) is 9.11 Å². The zero-order chi connectivity index (χ0) is 17.0. The Kier molecular flexibility index (Phi) is 6.98. The fraction of sp³-hybridized carbons (Fsp3) is 0.333. The van der Waals surface area contributed by atoms with Crippen LogP contribution in [-0.4, -0.2) is 27.6 Å². The molecule has 0 amide bonds. The number of halogens is 1. The smallest absolute Gasteiger partial charge is 0.206 e. The van der Waals surface area contributed by atoms with Gasteiger partial charge in [0.1, 0.15) is 11.4 Å². The summed E-state index contributed by atoms with van der Waals surface area (Å²) in [5, 5.41) is 3.25. The molecule has 0 aromatic heterocycles. The summed E-state index contributed by atoms with van der Waals surface area (Å²) < 4.78 is 29.5. The number of fused-ring (bicyclic) bond motifs is 1. The van der Waals surface area contributed by atoms with Crippen molar-refractivity contribution in [3.63, 3.8) is 0 Å². The maximum atomic E-state index is 11.0. The van der Waals surface area contributed by atoms with Crippen LogP contribution in [0.1, 0.15) is 19.8 Å². The van der Waals surface area contributed by atoms with E-state index < -0.39 is 16.2 Å². The summed E-state index contributed by atoms with van der Waals surface area (Å²) in [6, 6.07) is 17.0. The highest BCUT2D eigenvalue weighted by Gasteiger charge is 2.40. The Hall–Kier alpha value is -1.44. The summed E-state index contributed by atoms with van der Waals surface area (Å²) >= 11 is 0. The van der Waals surface area contributed by atoms with Crippen LogP contribution in [0.2, 0.25) is 0 Å². The van der Waals surface area contributed by atoms with Crippen molar-refractivity contribution in [2.45, 2.75) is 25.2 Å². The van der Waals surface area contributed by atoms with E-state index in [9.17, 15) is 9.11 Å². The molecule has 1 atom stereocenters. The second-order valence-electron chi connectivity index (χ2n) is 5.70. The van der Waals surface area contributed by atoms with Crippen molar-refractivity contribution in [2.24, 2.45) is 0 Å². The summed E-state index contributed by atoms with van der Waals surface area (Å²) in [5.41, 5.74) is 0.794. The van der Waals surface area contributed by atoms with Gasteiger partial charge >= 0.3 is 0 Å². The molecule has 0 radical (unpaired) electrons. The Morgan fingerprint density at radius 1 is 1.08 bits per heavy atom. The van der Waals surface area contributed by atoms with Crippen molar-refractivity contribution in [1.82, 2.24) is 5.32 Å². The van der Waals surface area contributed by atoms with Crippen molar-refractivity contribution < 1.29 is 13.8 Å². The number of nitrogens with one attached hydrogen (secondary N) is 1. The first-order valence-electron chi connectivity index (χ1n) is 8.23. The largest absolute Gasteiger partial charge is 0.467 e.